The van der Waals surface area contributed by atoms with Crippen LogP contribution in [0.4, 0.5) is 0 Å². The van der Waals surface area contributed by atoms with E-state index in [0.29, 0.717) is 30.5 Å². The van der Waals surface area contributed by atoms with Crippen molar-refractivity contribution in [2.75, 3.05) is 0 Å². The molecule has 1 N–H and O–H groups in total. The highest BCUT2D eigenvalue weighted by molar-refractivity contribution is 5.91. The van der Waals surface area contributed by atoms with Crippen LogP contribution in [-0.2, 0) is 18.0 Å². The molecule has 0 bridgehead atoms. The first-order valence-corrected chi connectivity index (χ1v) is 5.73. The molecule has 0 amide bonds. The third-order valence-electron chi connectivity index (χ3n) is 3.54. The molecule has 0 unspecified atom stereocenters. The van der Waals surface area contributed by atoms with E-state index >= 15 is 0 Å². The Balaban J connectivity index is 2.06. The minimum Gasteiger partial charge on any atom is -0.478 e. The summed E-state index contributed by atoms with van der Waals surface area (Å²) in [5.41, 5.74) is 1.13. The average molecular weight is 222 g/mol. The summed E-state index contributed by atoms with van der Waals surface area (Å²) >= 11 is 0. The van der Waals surface area contributed by atoms with Gasteiger partial charge < -0.3 is 14.3 Å². The summed E-state index contributed by atoms with van der Waals surface area (Å²) in [6, 6.07) is 0. The highest BCUT2D eigenvalue weighted by Crippen LogP contribution is 2.40. The molecule has 1 aromatic rings. The maximum Gasteiger partial charge on any atom is 0.339 e. The molecule has 0 spiro atoms. The molecule has 4 nitrogen and oxygen atoms in total. The molecule has 0 atom stereocenters. The molecule has 0 saturated heterocycles. The molecule has 0 aromatic carbocycles. The van der Waals surface area contributed by atoms with Crippen LogP contribution in [-0.4, -0.2) is 11.1 Å². The second-order valence-electron chi connectivity index (χ2n) is 4.52. The van der Waals surface area contributed by atoms with Crippen LogP contribution in [0.5, 0.6) is 0 Å². The molecule has 1 saturated carbocycles. The summed E-state index contributed by atoms with van der Waals surface area (Å²) in [7, 11) is 0. The summed E-state index contributed by atoms with van der Waals surface area (Å²) in [4.78, 5) is 11.3. The van der Waals surface area contributed by atoms with Gasteiger partial charge in [-0.2, -0.15) is 0 Å². The number of carboxylic acid groups (broad SMARTS) is 1. The van der Waals surface area contributed by atoms with Gasteiger partial charge in [-0.1, -0.05) is 12.8 Å². The Bertz CT molecular complexity index is 426. The van der Waals surface area contributed by atoms with E-state index < -0.39 is 5.97 Å². The molecule has 1 aliphatic heterocycles. The highest BCUT2D eigenvalue weighted by Gasteiger charge is 2.33. The van der Waals surface area contributed by atoms with Gasteiger partial charge in [-0.15, -0.1) is 0 Å². The number of hydrogen-bond acceptors (Lipinski definition) is 3. The Kier molecular flexibility index (Phi) is 2.24. The molecule has 4 heteroatoms. The van der Waals surface area contributed by atoms with Crippen molar-refractivity contribution in [3.05, 3.63) is 22.6 Å². The van der Waals surface area contributed by atoms with E-state index in [2.05, 4.69) is 0 Å². The maximum absolute atomic E-state index is 11.3. The van der Waals surface area contributed by atoms with Gasteiger partial charge in [0.05, 0.1) is 6.61 Å². The molecule has 2 heterocycles. The molecule has 0 radical (unpaired) electrons. The lowest BCUT2D eigenvalue weighted by Crippen LogP contribution is -2.05. The molecule has 3 rings (SSSR count). The Morgan fingerprint density at radius 2 is 2.00 bits per heavy atom. The highest BCUT2D eigenvalue weighted by atomic mass is 16.5. The summed E-state index contributed by atoms with van der Waals surface area (Å²) < 4.78 is 10.9. The van der Waals surface area contributed by atoms with Gasteiger partial charge in [-0.25, -0.2) is 4.79 Å². The van der Waals surface area contributed by atoms with Crippen LogP contribution >= 0.6 is 0 Å². The lowest BCUT2D eigenvalue weighted by molar-refractivity contribution is 0.0684. The van der Waals surface area contributed by atoms with Crippen molar-refractivity contribution in [2.45, 2.75) is 44.8 Å². The third-order valence-corrected chi connectivity index (χ3v) is 3.54. The van der Waals surface area contributed by atoms with Gasteiger partial charge in [0, 0.05) is 11.5 Å². The summed E-state index contributed by atoms with van der Waals surface area (Å²) in [6.07, 6.45) is 4.44. The quantitative estimate of drug-likeness (QED) is 0.835. The molecular weight excluding hydrogens is 208 g/mol. The first kappa shape index (κ1) is 9.90. The summed E-state index contributed by atoms with van der Waals surface area (Å²) in [5.74, 6) is 0.840. The monoisotopic (exact) mass is 222 g/mol. The lowest BCUT2D eigenvalue weighted by Gasteiger charge is -2.07. The maximum atomic E-state index is 11.3. The second kappa shape index (κ2) is 3.63. The van der Waals surface area contributed by atoms with Gasteiger partial charge in [0.15, 0.2) is 0 Å². The summed E-state index contributed by atoms with van der Waals surface area (Å²) in [5, 5.41) is 9.26. The van der Waals surface area contributed by atoms with Crippen LogP contribution in [0.15, 0.2) is 4.42 Å². The number of hydrogen-bond donors (Lipinski definition) is 1. The van der Waals surface area contributed by atoms with Crippen LogP contribution in [0.25, 0.3) is 0 Å². The van der Waals surface area contributed by atoms with Crippen LogP contribution in [0.3, 0.4) is 0 Å². The fourth-order valence-corrected chi connectivity index (χ4v) is 2.76. The Labute approximate surface area is 93.2 Å². The smallest absolute Gasteiger partial charge is 0.339 e. The molecule has 2 aliphatic rings. The topological polar surface area (TPSA) is 59.7 Å². The van der Waals surface area contributed by atoms with Crippen LogP contribution in [0.2, 0.25) is 0 Å². The molecular formula is C12H14O4. The summed E-state index contributed by atoms with van der Waals surface area (Å²) in [6.45, 7) is 0.801. The molecule has 1 fully saturated rings. The normalized spacial score (nSPS) is 20.2. The first-order chi connectivity index (χ1) is 7.77. The predicted molar refractivity (Wildman–Crippen MR) is 55.4 cm³/mol. The fourth-order valence-electron chi connectivity index (χ4n) is 2.76. The Morgan fingerprint density at radius 1 is 1.25 bits per heavy atom. The lowest BCUT2D eigenvalue weighted by atomic mass is 9.99. The molecule has 86 valence electrons. The number of furan rings is 1. The van der Waals surface area contributed by atoms with Crippen molar-refractivity contribution in [3.63, 3.8) is 0 Å². The van der Waals surface area contributed by atoms with Crippen LogP contribution in [0, 0.1) is 0 Å². The van der Waals surface area contributed by atoms with Crippen molar-refractivity contribution >= 4 is 5.97 Å². The first-order valence-electron chi connectivity index (χ1n) is 5.73. The van der Waals surface area contributed by atoms with E-state index in [4.69, 9.17) is 9.15 Å². The van der Waals surface area contributed by atoms with Crippen molar-refractivity contribution in [1.29, 1.82) is 0 Å². The van der Waals surface area contributed by atoms with Crippen molar-refractivity contribution in [3.8, 4) is 0 Å². The number of carbonyl (C=O) groups is 1. The van der Waals surface area contributed by atoms with Gasteiger partial charge in [0.25, 0.3) is 0 Å². The van der Waals surface area contributed by atoms with E-state index in [0.717, 1.165) is 24.2 Å². The van der Waals surface area contributed by atoms with Gasteiger partial charge >= 0.3 is 5.97 Å². The van der Waals surface area contributed by atoms with E-state index in [9.17, 15) is 9.90 Å². The molecule has 1 aromatic heterocycles. The zero-order valence-electron chi connectivity index (χ0n) is 8.99. The zero-order valence-corrected chi connectivity index (χ0v) is 8.99. The number of carboxylic acids is 1. The van der Waals surface area contributed by atoms with E-state index in [1.807, 2.05) is 0 Å². The van der Waals surface area contributed by atoms with Crippen LogP contribution in [0.1, 0.15) is 59.0 Å². The minimum absolute atomic E-state index is 0.302. The fraction of sp³-hybridized carbons (Fsp3) is 0.583. The number of fused-ring (bicyclic) bond motifs is 1. The van der Waals surface area contributed by atoms with Gasteiger partial charge in [-0.05, 0) is 12.8 Å². The van der Waals surface area contributed by atoms with Crippen LogP contribution < -0.4 is 0 Å². The number of rotatable bonds is 2. The zero-order chi connectivity index (χ0) is 11.1. The minimum atomic E-state index is -0.877. The van der Waals surface area contributed by atoms with E-state index in [-0.39, 0.29) is 0 Å². The third kappa shape index (κ3) is 1.37. The SMILES string of the molecule is O=C(O)c1c(C2CCCC2)oc2c1COC2. The van der Waals surface area contributed by atoms with Gasteiger partial charge in [-0.3, -0.25) is 0 Å². The second-order valence-corrected chi connectivity index (χ2v) is 4.52. The van der Waals surface area contributed by atoms with Gasteiger partial charge in [0.1, 0.15) is 23.7 Å². The largest absolute Gasteiger partial charge is 0.478 e. The Hall–Kier alpha value is -1.29. The van der Waals surface area contributed by atoms with Crippen molar-refractivity contribution in [2.24, 2.45) is 0 Å². The average Bonchev–Trinajstić information content (AvgIpc) is 2.92. The number of ether oxygens (including phenoxy) is 1. The van der Waals surface area contributed by atoms with Crippen molar-refractivity contribution in [1.82, 2.24) is 0 Å². The van der Waals surface area contributed by atoms with Gasteiger partial charge in [0.2, 0.25) is 0 Å². The Morgan fingerprint density at radius 3 is 2.69 bits per heavy atom. The van der Waals surface area contributed by atoms with E-state index in [1.54, 1.807) is 0 Å². The number of aromatic carboxylic acids is 1. The standard InChI is InChI=1S/C12H14O4/c13-12(14)10-8-5-15-6-9(8)16-11(10)7-3-1-2-4-7/h7H,1-6H2,(H,13,14). The molecule has 1 aliphatic carbocycles. The molecule has 16 heavy (non-hydrogen) atoms. The van der Waals surface area contributed by atoms with Crippen molar-refractivity contribution < 1.29 is 19.1 Å². The predicted octanol–water partition coefficient (Wildman–Crippen LogP) is 2.67. The van der Waals surface area contributed by atoms with E-state index in [1.165, 1.54) is 12.8 Å².